The fourth-order valence-corrected chi connectivity index (χ4v) is 3.34. The van der Waals surface area contributed by atoms with Crippen LogP contribution in [-0.2, 0) is 0 Å². The van der Waals surface area contributed by atoms with Crippen LogP contribution >= 0.6 is 0 Å². The number of hydrogen-bond donors (Lipinski definition) is 2. The lowest BCUT2D eigenvalue weighted by Gasteiger charge is -2.38. The summed E-state index contributed by atoms with van der Waals surface area (Å²) < 4.78 is 5.12. The van der Waals surface area contributed by atoms with Crippen molar-refractivity contribution in [1.82, 2.24) is 4.90 Å². The molecule has 1 amide bonds. The fraction of sp³-hybridized carbons (Fsp3) is 0.278. The molecular formula is C18H17N3O5. The molecule has 8 nitrogen and oxygen atoms in total. The maximum atomic E-state index is 13.0. The number of ether oxygens (including phenoxy) is 1. The number of phenolic OH excluding ortho intramolecular Hbond substituents is 1. The topological polar surface area (TPSA) is 105 Å². The van der Waals surface area contributed by atoms with Crippen molar-refractivity contribution in [1.29, 1.82) is 0 Å². The van der Waals surface area contributed by atoms with Crippen molar-refractivity contribution >= 4 is 17.3 Å². The van der Waals surface area contributed by atoms with Crippen molar-refractivity contribution in [3.63, 3.8) is 0 Å². The van der Waals surface area contributed by atoms with Crippen LogP contribution in [0.5, 0.6) is 11.5 Å². The Bertz CT molecular complexity index is 910. The first-order chi connectivity index (χ1) is 12.5. The maximum Gasteiger partial charge on any atom is 0.280 e. The van der Waals surface area contributed by atoms with E-state index in [1.165, 1.54) is 13.2 Å². The van der Waals surface area contributed by atoms with E-state index in [9.17, 15) is 20.0 Å². The van der Waals surface area contributed by atoms with E-state index >= 15 is 0 Å². The number of nitrogens with one attached hydrogen (secondary N) is 1. The van der Waals surface area contributed by atoms with E-state index in [4.69, 9.17) is 4.74 Å². The van der Waals surface area contributed by atoms with Crippen molar-refractivity contribution in [2.24, 2.45) is 0 Å². The second kappa shape index (κ2) is 5.91. The van der Waals surface area contributed by atoms with Gasteiger partial charge in [0.2, 0.25) is 0 Å². The van der Waals surface area contributed by atoms with E-state index in [0.29, 0.717) is 11.3 Å². The highest BCUT2D eigenvalue weighted by Crippen LogP contribution is 2.45. The molecule has 0 spiro atoms. The largest absolute Gasteiger partial charge is 0.504 e. The van der Waals surface area contributed by atoms with Crippen LogP contribution in [0.3, 0.4) is 0 Å². The Hall–Kier alpha value is -3.29. The number of amides is 1. The van der Waals surface area contributed by atoms with E-state index in [0.717, 1.165) is 18.9 Å². The first-order valence-electron chi connectivity index (χ1n) is 8.24. The zero-order valence-corrected chi connectivity index (χ0v) is 14.0. The van der Waals surface area contributed by atoms with Gasteiger partial charge in [-0.25, -0.2) is 0 Å². The summed E-state index contributed by atoms with van der Waals surface area (Å²) in [6, 6.07) is 9.61. The molecule has 1 aliphatic heterocycles. The molecule has 1 aliphatic carbocycles. The monoisotopic (exact) mass is 355 g/mol. The van der Waals surface area contributed by atoms with Crippen molar-refractivity contribution in [2.75, 3.05) is 12.4 Å². The molecule has 2 N–H and O–H groups in total. The second-order valence-corrected chi connectivity index (χ2v) is 6.38. The molecular weight excluding hydrogens is 338 g/mol. The summed E-state index contributed by atoms with van der Waals surface area (Å²) in [5.74, 6) is -0.355. The Labute approximate surface area is 149 Å². The van der Waals surface area contributed by atoms with Gasteiger partial charge in [0.15, 0.2) is 11.5 Å². The number of para-hydroxylation sites is 1. The van der Waals surface area contributed by atoms with Crippen LogP contribution < -0.4 is 10.1 Å². The first kappa shape index (κ1) is 16.2. The Morgan fingerprint density at radius 1 is 1.31 bits per heavy atom. The summed E-state index contributed by atoms with van der Waals surface area (Å²) in [5.41, 5.74) is 1.18. The van der Waals surface area contributed by atoms with Gasteiger partial charge in [0.05, 0.1) is 29.2 Å². The molecule has 0 bridgehead atoms. The standard InChI is InChI=1S/C18H17N3O5/c1-26-16-8-12(14(21(24)25)9-15(16)22)17-19-13-5-3-2-4-11(13)18(23)20(17)10-6-7-10/h2-5,8-10,17,19,22H,6-7H2,1H3/t17-/m0/s1. The highest BCUT2D eigenvalue weighted by molar-refractivity contribution is 6.02. The molecule has 1 atom stereocenters. The van der Waals surface area contributed by atoms with E-state index < -0.39 is 11.1 Å². The quantitative estimate of drug-likeness (QED) is 0.645. The van der Waals surface area contributed by atoms with Crippen LogP contribution in [0.1, 0.15) is 34.9 Å². The zero-order valence-electron chi connectivity index (χ0n) is 14.0. The molecule has 1 heterocycles. The van der Waals surface area contributed by atoms with Gasteiger partial charge in [-0.05, 0) is 31.0 Å². The Morgan fingerprint density at radius 2 is 2.04 bits per heavy atom. The fourth-order valence-electron chi connectivity index (χ4n) is 3.34. The van der Waals surface area contributed by atoms with Gasteiger partial charge in [0, 0.05) is 11.7 Å². The number of hydrogen-bond acceptors (Lipinski definition) is 6. The average Bonchev–Trinajstić information content (AvgIpc) is 3.46. The van der Waals surface area contributed by atoms with Crippen molar-refractivity contribution in [2.45, 2.75) is 25.0 Å². The second-order valence-electron chi connectivity index (χ2n) is 6.38. The molecule has 0 unspecified atom stereocenters. The highest BCUT2D eigenvalue weighted by atomic mass is 16.6. The number of nitro benzene ring substituents is 1. The first-order valence-corrected chi connectivity index (χ1v) is 8.24. The minimum absolute atomic E-state index is 0.0350. The molecule has 4 rings (SSSR count). The van der Waals surface area contributed by atoms with Crippen LogP contribution in [0.4, 0.5) is 11.4 Å². The number of methoxy groups -OCH3 is 1. The molecule has 2 aliphatic rings. The SMILES string of the molecule is COc1cc([C@H]2Nc3ccccc3C(=O)N2C2CC2)c([N+](=O)[O-])cc1O. The molecule has 2 aromatic carbocycles. The average molecular weight is 355 g/mol. The highest BCUT2D eigenvalue weighted by Gasteiger charge is 2.44. The Morgan fingerprint density at radius 3 is 2.69 bits per heavy atom. The molecule has 134 valence electrons. The summed E-state index contributed by atoms with van der Waals surface area (Å²) in [4.78, 5) is 25.7. The predicted molar refractivity (Wildman–Crippen MR) is 93.3 cm³/mol. The number of fused-ring (bicyclic) bond motifs is 1. The van der Waals surface area contributed by atoms with Crippen molar-refractivity contribution < 1.29 is 19.6 Å². The summed E-state index contributed by atoms with van der Waals surface area (Å²) in [6.45, 7) is 0. The summed E-state index contributed by atoms with van der Waals surface area (Å²) in [7, 11) is 1.37. The van der Waals surface area contributed by atoms with E-state index in [2.05, 4.69) is 5.32 Å². The number of nitrogens with zero attached hydrogens (tertiary/aromatic N) is 2. The third-order valence-corrected chi connectivity index (χ3v) is 4.72. The van der Waals surface area contributed by atoms with Crippen LogP contribution in [0, 0.1) is 10.1 Å². The molecule has 0 radical (unpaired) electrons. The molecule has 2 aromatic rings. The molecule has 1 fully saturated rings. The van der Waals surface area contributed by atoms with Gasteiger partial charge in [-0.3, -0.25) is 14.9 Å². The number of nitro groups is 1. The van der Waals surface area contributed by atoms with E-state index in [1.807, 2.05) is 0 Å². The van der Waals surface area contributed by atoms with Gasteiger partial charge in [0.25, 0.3) is 11.6 Å². The number of carbonyl (C=O) groups is 1. The minimum Gasteiger partial charge on any atom is -0.504 e. The molecule has 1 saturated carbocycles. The van der Waals surface area contributed by atoms with Crippen LogP contribution in [0.15, 0.2) is 36.4 Å². The van der Waals surface area contributed by atoms with Crippen LogP contribution in [0.25, 0.3) is 0 Å². The van der Waals surface area contributed by atoms with Gasteiger partial charge < -0.3 is 20.1 Å². The Balaban J connectivity index is 1.88. The number of benzene rings is 2. The minimum atomic E-state index is -0.709. The van der Waals surface area contributed by atoms with Gasteiger partial charge >= 0.3 is 0 Å². The summed E-state index contributed by atoms with van der Waals surface area (Å²) in [5, 5.41) is 24.7. The third kappa shape index (κ3) is 2.50. The van der Waals surface area contributed by atoms with Crippen LogP contribution in [-0.4, -0.2) is 34.0 Å². The molecule has 0 saturated heterocycles. The third-order valence-electron chi connectivity index (χ3n) is 4.72. The smallest absolute Gasteiger partial charge is 0.280 e. The number of carbonyl (C=O) groups excluding carboxylic acids is 1. The van der Waals surface area contributed by atoms with Crippen molar-refractivity contribution in [3.8, 4) is 11.5 Å². The van der Waals surface area contributed by atoms with Gasteiger partial charge in [0.1, 0.15) is 6.17 Å². The number of aromatic hydroxyl groups is 1. The van der Waals surface area contributed by atoms with Gasteiger partial charge in [-0.1, -0.05) is 12.1 Å². The summed E-state index contributed by atoms with van der Waals surface area (Å²) in [6.07, 6.45) is 1.00. The maximum absolute atomic E-state index is 13.0. The molecule has 26 heavy (non-hydrogen) atoms. The van der Waals surface area contributed by atoms with Crippen LogP contribution in [0.2, 0.25) is 0 Å². The van der Waals surface area contributed by atoms with Crippen molar-refractivity contribution in [3.05, 3.63) is 57.6 Å². The lowest BCUT2D eigenvalue weighted by atomic mass is 10.0. The van der Waals surface area contributed by atoms with E-state index in [-0.39, 0.29) is 34.7 Å². The van der Waals surface area contributed by atoms with Gasteiger partial charge in [-0.2, -0.15) is 0 Å². The number of anilines is 1. The lowest BCUT2D eigenvalue weighted by Crippen LogP contribution is -2.44. The molecule has 0 aromatic heterocycles. The number of rotatable bonds is 4. The lowest BCUT2D eigenvalue weighted by molar-refractivity contribution is -0.386. The Kier molecular flexibility index (Phi) is 3.68. The van der Waals surface area contributed by atoms with Gasteiger partial charge in [-0.15, -0.1) is 0 Å². The molecule has 8 heteroatoms. The summed E-state index contributed by atoms with van der Waals surface area (Å²) >= 11 is 0. The van der Waals surface area contributed by atoms with E-state index in [1.54, 1.807) is 29.2 Å². The predicted octanol–water partition coefficient (Wildman–Crippen LogP) is 3.04. The number of phenols is 1. The normalized spacial score (nSPS) is 18.9. The zero-order chi connectivity index (χ0) is 18.4.